The van der Waals surface area contributed by atoms with Gasteiger partial charge in [0.1, 0.15) is 5.82 Å². The van der Waals surface area contributed by atoms with Gasteiger partial charge in [0.2, 0.25) is 0 Å². The zero-order valence-electron chi connectivity index (χ0n) is 21.1. The van der Waals surface area contributed by atoms with Crippen molar-refractivity contribution in [2.75, 3.05) is 6.61 Å². The number of rotatable bonds is 7. The molecule has 1 atom stereocenters. The molecule has 0 saturated heterocycles. The molecule has 0 spiro atoms. The Hall–Kier alpha value is -4.49. The summed E-state index contributed by atoms with van der Waals surface area (Å²) >= 11 is 2.14. The van der Waals surface area contributed by atoms with Gasteiger partial charge in [-0.2, -0.15) is 0 Å². The van der Waals surface area contributed by atoms with E-state index in [0.29, 0.717) is 31.7 Å². The van der Waals surface area contributed by atoms with Gasteiger partial charge >= 0.3 is 5.97 Å². The summed E-state index contributed by atoms with van der Waals surface area (Å²) in [7, 11) is 0. The van der Waals surface area contributed by atoms with E-state index in [-0.39, 0.29) is 22.4 Å². The van der Waals surface area contributed by atoms with Crippen LogP contribution in [0.25, 0.3) is 6.08 Å². The Morgan fingerprint density at radius 3 is 2.62 bits per heavy atom. The monoisotopic (exact) mass is 577 g/mol. The third-order valence-electron chi connectivity index (χ3n) is 5.92. The number of esters is 1. The van der Waals surface area contributed by atoms with Crippen LogP contribution in [0.15, 0.2) is 92.0 Å². The highest BCUT2D eigenvalue weighted by atomic mass is 32.2. The predicted molar refractivity (Wildman–Crippen MR) is 146 cm³/mol. The minimum absolute atomic E-state index is 0.125. The molecule has 13 heteroatoms. The first-order valence-corrected chi connectivity index (χ1v) is 13.6. The van der Waals surface area contributed by atoms with Crippen molar-refractivity contribution in [3.05, 3.63) is 119 Å². The van der Waals surface area contributed by atoms with Gasteiger partial charge in [0.25, 0.3) is 11.2 Å². The first kappa shape index (κ1) is 27.1. The van der Waals surface area contributed by atoms with Crippen LogP contribution in [-0.2, 0) is 9.53 Å². The van der Waals surface area contributed by atoms with Crippen LogP contribution in [0.5, 0.6) is 0 Å². The lowest BCUT2D eigenvalue weighted by atomic mass is 9.96. The Bertz CT molecular complexity index is 1840. The number of ether oxygens (including phenoxy) is 1. The fraction of sp³-hybridized carbons (Fsp3) is 0.148. The molecule has 0 aliphatic carbocycles. The van der Waals surface area contributed by atoms with Crippen LogP contribution in [-0.4, -0.2) is 32.0 Å². The third-order valence-corrected chi connectivity index (χ3v) is 7.87. The topological polar surface area (TPSA) is 130 Å². The van der Waals surface area contributed by atoms with Gasteiger partial charge in [-0.1, -0.05) is 29.5 Å². The summed E-state index contributed by atoms with van der Waals surface area (Å²) in [6, 6.07) is 10.9. The summed E-state index contributed by atoms with van der Waals surface area (Å²) in [5.74, 6) is -1.09. The van der Waals surface area contributed by atoms with Crippen molar-refractivity contribution in [3.8, 4) is 0 Å². The van der Waals surface area contributed by atoms with Gasteiger partial charge in [0.05, 0.1) is 38.3 Å². The maximum Gasteiger partial charge on any atom is 0.338 e. The number of fused-ring (bicyclic) bond motifs is 1. The number of nitro benzene ring substituents is 1. The lowest BCUT2D eigenvalue weighted by Crippen LogP contribution is -2.39. The van der Waals surface area contributed by atoms with Gasteiger partial charge in [-0.15, -0.1) is 0 Å². The van der Waals surface area contributed by atoms with Gasteiger partial charge in [-0.3, -0.25) is 19.5 Å². The van der Waals surface area contributed by atoms with Gasteiger partial charge in [-0.25, -0.2) is 24.1 Å². The van der Waals surface area contributed by atoms with E-state index in [1.54, 1.807) is 44.4 Å². The fourth-order valence-corrected chi connectivity index (χ4v) is 6.04. The molecule has 40 heavy (non-hydrogen) atoms. The Balaban J connectivity index is 1.62. The van der Waals surface area contributed by atoms with Crippen molar-refractivity contribution in [2.45, 2.75) is 29.9 Å². The van der Waals surface area contributed by atoms with E-state index in [0.717, 1.165) is 23.1 Å². The van der Waals surface area contributed by atoms with E-state index in [4.69, 9.17) is 4.74 Å². The van der Waals surface area contributed by atoms with E-state index in [9.17, 15) is 24.1 Å². The van der Waals surface area contributed by atoms with E-state index < -0.39 is 28.3 Å². The smallest absolute Gasteiger partial charge is 0.338 e. The van der Waals surface area contributed by atoms with Gasteiger partial charge in [0, 0.05) is 18.5 Å². The highest BCUT2D eigenvalue weighted by Crippen LogP contribution is 2.34. The summed E-state index contributed by atoms with van der Waals surface area (Å²) in [4.78, 5) is 51.3. The molecule has 0 amide bonds. The number of benzene rings is 2. The molecule has 10 nitrogen and oxygen atoms in total. The molecule has 2 aromatic heterocycles. The van der Waals surface area contributed by atoms with Crippen molar-refractivity contribution >= 4 is 40.8 Å². The second kappa shape index (κ2) is 11.3. The molecular weight excluding hydrogens is 557 g/mol. The van der Waals surface area contributed by atoms with E-state index in [1.165, 1.54) is 41.0 Å². The molecule has 3 heterocycles. The summed E-state index contributed by atoms with van der Waals surface area (Å²) in [6.07, 6.45) is 4.63. The molecule has 1 aliphatic rings. The lowest BCUT2D eigenvalue weighted by Gasteiger charge is -2.24. The summed E-state index contributed by atoms with van der Waals surface area (Å²) in [6.45, 7) is 3.45. The quantitative estimate of drug-likeness (QED) is 0.140. The van der Waals surface area contributed by atoms with E-state index >= 15 is 0 Å². The second-order valence-electron chi connectivity index (χ2n) is 8.47. The Morgan fingerprint density at radius 1 is 1.23 bits per heavy atom. The van der Waals surface area contributed by atoms with Crippen molar-refractivity contribution in [1.29, 1.82) is 0 Å². The molecule has 0 N–H and O–H groups in total. The number of thiazole rings is 1. The first-order chi connectivity index (χ1) is 19.3. The zero-order valence-corrected chi connectivity index (χ0v) is 22.7. The van der Waals surface area contributed by atoms with E-state index in [1.807, 2.05) is 0 Å². The molecule has 0 fully saturated rings. The SMILES string of the molecule is CCOC(=O)C1=C(C)N=c2s/c(=C/c3ccc(Sc4ncccn4)c([N+](=O)[O-])c3)c(=O)n2[C@@H]1c1ccc(F)cc1. The number of halogens is 1. The highest BCUT2D eigenvalue weighted by Gasteiger charge is 2.33. The minimum Gasteiger partial charge on any atom is -0.463 e. The van der Waals surface area contributed by atoms with Crippen LogP contribution >= 0.6 is 23.1 Å². The van der Waals surface area contributed by atoms with Crippen LogP contribution in [0.1, 0.15) is 31.0 Å². The van der Waals surface area contributed by atoms with Gasteiger partial charge in [-0.05, 0) is 67.1 Å². The number of hydrogen-bond donors (Lipinski definition) is 0. The van der Waals surface area contributed by atoms with Crippen LogP contribution in [0.3, 0.4) is 0 Å². The van der Waals surface area contributed by atoms with Crippen LogP contribution < -0.4 is 14.9 Å². The lowest BCUT2D eigenvalue weighted by molar-refractivity contribution is -0.387. The predicted octanol–water partition coefficient (Wildman–Crippen LogP) is 3.79. The summed E-state index contributed by atoms with van der Waals surface area (Å²) < 4.78 is 20.6. The zero-order chi connectivity index (χ0) is 28.4. The van der Waals surface area contributed by atoms with Crippen molar-refractivity contribution in [1.82, 2.24) is 14.5 Å². The molecule has 4 aromatic rings. The van der Waals surface area contributed by atoms with Crippen molar-refractivity contribution in [3.63, 3.8) is 0 Å². The van der Waals surface area contributed by atoms with Gasteiger partial charge in [0.15, 0.2) is 9.96 Å². The number of hydrogen-bond acceptors (Lipinski definition) is 10. The van der Waals surface area contributed by atoms with Gasteiger partial charge < -0.3 is 4.74 Å². The summed E-state index contributed by atoms with van der Waals surface area (Å²) in [5, 5.41) is 12.2. The maximum absolute atomic E-state index is 13.7. The molecular formula is C27H20FN5O5S2. The number of nitrogens with zero attached hydrogens (tertiary/aromatic N) is 5. The average molecular weight is 578 g/mol. The number of nitro groups is 1. The molecule has 0 bridgehead atoms. The minimum atomic E-state index is -0.892. The standard InChI is InChI=1S/C27H20FN5O5S2/c1-3-38-25(35)22-15(2)31-27-32(23(22)17-6-8-18(28)9-7-17)24(34)21(40-27)14-16-5-10-20(19(13-16)33(36)37)39-26-29-11-4-12-30-26/h4-14,23H,3H2,1-2H3/b21-14+/t23-/m1/s1. The molecule has 5 rings (SSSR count). The van der Waals surface area contributed by atoms with Crippen LogP contribution in [0.2, 0.25) is 0 Å². The first-order valence-electron chi connectivity index (χ1n) is 11.9. The largest absolute Gasteiger partial charge is 0.463 e. The number of aromatic nitrogens is 3. The maximum atomic E-state index is 13.7. The third kappa shape index (κ3) is 5.33. The Labute approximate surface area is 234 Å². The Morgan fingerprint density at radius 2 is 1.95 bits per heavy atom. The number of carbonyl (C=O) groups is 1. The molecule has 0 unspecified atom stereocenters. The summed E-state index contributed by atoms with van der Waals surface area (Å²) in [5.41, 5.74) is 0.865. The fourth-order valence-electron chi connectivity index (χ4n) is 4.19. The average Bonchev–Trinajstić information content (AvgIpc) is 3.23. The molecule has 0 radical (unpaired) electrons. The highest BCUT2D eigenvalue weighted by molar-refractivity contribution is 7.99. The second-order valence-corrected chi connectivity index (χ2v) is 10.5. The van der Waals surface area contributed by atoms with Crippen molar-refractivity contribution in [2.24, 2.45) is 4.99 Å². The Kier molecular flexibility index (Phi) is 7.67. The molecule has 2 aromatic carbocycles. The molecule has 202 valence electrons. The van der Waals surface area contributed by atoms with Crippen LogP contribution in [0.4, 0.5) is 10.1 Å². The number of carbonyl (C=O) groups excluding carboxylic acids is 1. The number of allylic oxidation sites excluding steroid dienone is 1. The van der Waals surface area contributed by atoms with Crippen molar-refractivity contribution < 1.29 is 18.8 Å². The normalized spacial score (nSPS) is 15.0. The molecule has 1 aliphatic heterocycles. The van der Waals surface area contributed by atoms with Crippen LogP contribution in [0, 0.1) is 15.9 Å². The molecule has 0 saturated carbocycles. The van der Waals surface area contributed by atoms with E-state index in [2.05, 4.69) is 15.0 Å².